The molecule has 0 spiro atoms. The van der Waals surface area contributed by atoms with Crippen LogP contribution < -0.4 is 19.9 Å². The number of benzene rings is 1. The molecule has 5 heterocycles. The molecule has 6 rings (SSSR count). The summed E-state index contributed by atoms with van der Waals surface area (Å²) in [7, 11) is 0. The molecule has 2 bridgehead atoms. The molecular formula is C29H27F3N6O4. The third-order valence-electron chi connectivity index (χ3n) is 7.35. The Morgan fingerprint density at radius 3 is 2.83 bits per heavy atom. The molecule has 2 atom stereocenters. The molecule has 2 aromatic heterocycles. The van der Waals surface area contributed by atoms with E-state index in [4.69, 9.17) is 14.2 Å². The Morgan fingerprint density at radius 2 is 2.10 bits per heavy atom. The number of rotatable bonds is 5. The van der Waals surface area contributed by atoms with Gasteiger partial charge in [-0.3, -0.25) is 4.90 Å². The number of carbonyl (C=O) groups is 1. The summed E-state index contributed by atoms with van der Waals surface area (Å²) in [6, 6.07) is 10.8. The number of halogens is 3. The highest BCUT2D eigenvalue weighted by atomic mass is 19.4. The number of urea groups is 1. The molecule has 2 fully saturated rings. The topological polar surface area (TPSA) is 113 Å². The number of nitrogens with zero attached hydrogens (tertiary/aromatic N) is 5. The van der Waals surface area contributed by atoms with E-state index in [0.29, 0.717) is 37.5 Å². The Kier molecular flexibility index (Phi) is 6.90. The lowest BCUT2D eigenvalue weighted by atomic mass is 10.0. The predicted octanol–water partition coefficient (Wildman–Crippen LogP) is 5.20. The summed E-state index contributed by atoms with van der Waals surface area (Å²) in [5.41, 5.74) is 0.481. The minimum absolute atomic E-state index is 0.0727. The number of alkyl halides is 3. The maximum atomic E-state index is 13.7. The van der Waals surface area contributed by atoms with Gasteiger partial charge in [0.1, 0.15) is 18.8 Å². The van der Waals surface area contributed by atoms with E-state index in [1.807, 2.05) is 18.7 Å². The van der Waals surface area contributed by atoms with Crippen molar-refractivity contribution in [2.24, 2.45) is 0 Å². The number of amides is 2. The first-order chi connectivity index (χ1) is 20.0. The number of aromatic nitrogens is 2. The quantitative estimate of drug-likeness (QED) is 0.439. The van der Waals surface area contributed by atoms with E-state index >= 15 is 0 Å². The highest BCUT2D eigenvalue weighted by Gasteiger charge is 2.41. The summed E-state index contributed by atoms with van der Waals surface area (Å²) in [5, 5.41) is 12.7. The Morgan fingerprint density at radius 1 is 1.26 bits per heavy atom. The van der Waals surface area contributed by atoms with Crippen LogP contribution in [0.25, 0.3) is 11.3 Å². The van der Waals surface area contributed by atoms with Crippen molar-refractivity contribution in [2.45, 2.75) is 44.4 Å². The van der Waals surface area contributed by atoms with Gasteiger partial charge < -0.3 is 24.4 Å². The van der Waals surface area contributed by atoms with Crippen molar-refractivity contribution in [3.8, 4) is 23.2 Å². The van der Waals surface area contributed by atoms with E-state index in [9.17, 15) is 23.2 Å². The van der Waals surface area contributed by atoms with Crippen molar-refractivity contribution in [1.29, 1.82) is 5.26 Å². The lowest BCUT2D eigenvalue weighted by Crippen LogP contribution is -2.48. The number of nitriles is 1. The number of ether oxygens (including phenoxy) is 3. The molecule has 2 amide bonds. The van der Waals surface area contributed by atoms with Crippen LogP contribution in [0.15, 0.2) is 48.7 Å². The van der Waals surface area contributed by atoms with Crippen LogP contribution in [-0.4, -0.2) is 60.2 Å². The summed E-state index contributed by atoms with van der Waals surface area (Å²) in [6.45, 7) is 5.44. The van der Waals surface area contributed by atoms with Crippen LogP contribution >= 0.6 is 0 Å². The van der Waals surface area contributed by atoms with E-state index in [1.54, 1.807) is 18.2 Å². The second kappa shape index (κ2) is 10.5. The van der Waals surface area contributed by atoms with Crippen LogP contribution in [0.3, 0.4) is 0 Å². The summed E-state index contributed by atoms with van der Waals surface area (Å²) in [4.78, 5) is 26.1. The standard InChI is InChI=1S/C29H27F3N6O4/c1-28(2)41-16-22(42-28)15-40-24-12-20(6-8-34-24)35-27(39)38-21-7-9-37(14-21)23-11-18(13-33)25(36-26(23)38)17-4-3-5-19(10-17)29(30,31)32/h3-6,8,10-12,21-22H,7,9,14-16H2,1-2H3,(H,34,35,39)/t21-,22+/m0/s1. The van der Waals surface area contributed by atoms with E-state index in [0.717, 1.165) is 12.1 Å². The second-order valence-corrected chi connectivity index (χ2v) is 10.8. The summed E-state index contributed by atoms with van der Waals surface area (Å²) >= 11 is 0. The van der Waals surface area contributed by atoms with Gasteiger partial charge in [0, 0.05) is 36.6 Å². The first-order valence-corrected chi connectivity index (χ1v) is 13.4. The normalized spacial score (nSPS) is 20.7. The highest BCUT2D eigenvalue weighted by Crippen LogP contribution is 2.42. The molecule has 1 N–H and O–H groups in total. The Balaban J connectivity index is 1.27. The van der Waals surface area contributed by atoms with Crippen LogP contribution in [0.2, 0.25) is 0 Å². The Hall–Kier alpha value is -4.41. The molecule has 42 heavy (non-hydrogen) atoms. The van der Waals surface area contributed by atoms with Crippen molar-refractivity contribution < 1.29 is 32.2 Å². The van der Waals surface area contributed by atoms with Crippen LogP contribution in [0.4, 0.5) is 35.2 Å². The van der Waals surface area contributed by atoms with Crippen LogP contribution in [-0.2, 0) is 15.7 Å². The van der Waals surface area contributed by atoms with Crippen LogP contribution in [0.1, 0.15) is 31.4 Å². The van der Waals surface area contributed by atoms with Gasteiger partial charge in [0.25, 0.3) is 0 Å². The van der Waals surface area contributed by atoms with Gasteiger partial charge in [0.05, 0.1) is 35.2 Å². The predicted molar refractivity (Wildman–Crippen MR) is 146 cm³/mol. The van der Waals surface area contributed by atoms with Gasteiger partial charge in [-0.2, -0.15) is 18.4 Å². The maximum Gasteiger partial charge on any atom is 0.416 e. The largest absolute Gasteiger partial charge is 0.475 e. The number of anilines is 3. The van der Waals surface area contributed by atoms with E-state index in [1.165, 1.54) is 23.2 Å². The van der Waals surface area contributed by atoms with Gasteiger partial charge in [-0.15, -0.1) is 0 Å². The molecule has 3 aliphatic rings. The molecule has 0 saturated carbocycles. The lowest BCUT2D eigenvalue weighted by Gasteiger charge is -2.36. The minimum Gasteiger partial charge on any atom is -0.475 e. The highest BCUT2D eigenvalue weighted by molar-refractivity contribution is 6.05. The minimum atomic E-state index is -4.56. The number of hydrogen-bond donors (Lipinski definition) is 1. The Bertz CT molecular complexity index is 1570. The lowest BCUT2D eigenvalue weighted by molar-refractivity contribution is -0.141. The van der Waals surface area contributed by atoms with E-state index in [-0.39, 0.29) is 47.3 Å². The molecule has 10 nitrogen and oxygen atoms in total. The van der Waals surface area contributed by atoms with Crippen molar-refractivity contribution in [3.63, 3.8) is 0 Å². The molecule has 0 aliphatic carbocycles. The summed E-state index contributed by atoms with van der Waals surface area (Å²) in [6.07, 6.45) is -2.65. The number of pyridine rings is 2. The fraction of sp³-hybridized carbons (Fsp3) is 0.379. The van der Waals surface area contributed by atoms with E-state index < -0.39 is 23.6 Å². The molecular weight excluding hydrogens is 553 g/mol. The molecule has 218 valence electrons. The van der Waals surface area contributed by atoms with Crippen molar-refractivity contribution >= 4 is 23.2 Å². The monoisotopic (exact) mass is 580 g/mol. The van der Waals surface area contributed by atoms with Gasteiger partial charge in [0.2, 0.25) is 5.88 Å². The SMILES string of the molecule is CC1(C)OC[C@@H](COc2cc(NC(=O)N3c4nc(-c5cccc(C(F)(F)F)c5)c(C#N)cc4N4CC[C@H]3C4)ccn2)O1. The number of fused-ring (bicyclic) bond motifs is 4. The number of hydrogen-bond acceptors (Lipinski definition) is 8. The maximum absolute atomic E-state index is 13.7. The van der Waals surface area contributed by atoms with Gasteiger partial charge in [-0.25, -0.2) is 14.8 Å². The molecule has 2 saturated heterocycles. The number of carbonyl (C=O) groups excluding carboxylic acids is 1. The van der Waals surface area contributed by atoms with Gasteiger partial charge in [0.15, 0.2) is 11.6 Å². The van der Waals surface area contributed by atoms with E-state index in [2.05, 4.69) is 21.4 Å². The average Bonchev–Trinajstić information content (AvgIpc) is 3.54. The van der Waals surface area contributed by atoms with Crippen molar-refractivity contribution in [1.82, 2.24) is 9.97 Å². The third-order valence-corrected chi connectivity index (χ3v) is 7.35. The second-order valence-electron chi connectivity index (χ2n) is 10.8. The van der Waals surface area contributed by atoms with Gasteiger partial charge >= 0.3 is 12.2 Å². The zero-order valence-corrected chi connectivity index (χ0v) is 22.8. The molecule has 3 aromatic rings. The zero-order valence-electron chi connectivity index (χ0n) is 22.8. The van der Waals surface area contributed by atoms with Gasteiger partial charge in [-0.05, 0) is 44.5 Å². The van der Waals surface area contributed by atoms with Crippen LogP contribution in [0, 0.1) is 11.3 Å². The molecule has 0 radical (unpaired) electrons. The smallest absolute Gasteiger partial charge is 0.416 e. The average molecular weight is 581 g/mol. The Labute approximate surface area is 239 Å². The van der Waals surface area contributed by atoms with Crippen molar-refractivity contribution in [2.75, 3.05) is 41.4 Å². The third kappa shape index (κ3) is 5.43. The van der Waals surface area contributed by atoms with Crippen LogP contribution in [0.5, 0.6) is 5.88 Å². The molecule has 3 aliphatic heterocycles. The molecule has 13 heteroatoms. The molecule has 0 unspecified atom stereocenters. The fourth-order valence-electron chi connectivity index (χ4n) is 5.43. The summed E-state index contributed by atoms with van der Waals surface area (Å²) < 4.78 is 57.4. The first-order valence-electron chi connectivity index (χ1n) is 13.4. The summed E-state index contributed by atoms with van der Waals surface area (Å²) in [5.74, 6) is -0.115. The first kappa shape index (κ1) is 27.7. The molecule has 1 aromatic carbocycles. The van der Waals surface area contributed by atoms with Crippen molar-refractivity contribution in [3.05, 3.63) is 59.8 Å². The fourth-order valence-corrected chi connectivity index (χ4v) is 5.43. The number of nitrogens with one attached hydrogen (secondary N) is 1. The van der Waals surface area contributed by atoms with Gasteiger partial charge in [-0.1, -0.05) is 12.1 Å². The zero-order chi connectivity index (χ0) is 29.6.